The summed E-state index contributed by atoms with van der Waals surface area (Å²) in [6.07, 6.45) is 5.18. The highest BCUT2D eigenvalue weighted by Gasteiger charge is 2.30. The Kier molecular flexibility index (Phi) is 12.3. The lowest BCUT2D eigenvalue weighted by molar-refractivity contribution is -0.142. The average Bonchev–Trinajstić information content (AvgIpc) is 3.38. The number of carboxylic acid groups (broad SMARTS) is 1. The Bertz CT molecular complexity index is 992. The maximum atomic E-state index is 13.2. The third kappa shape index (κ3) is 9.55. The number of thioether (sulfide) groups is 1. The van der Waals surface area contributed by atoms with Crippen LogP contribution in [0.25, 0.3) is 0 Å². The molecule has 0 spiro atoms. The fraction of sp³-hybridized carbons (Fsp3) is 0.435. The van der Waals surface area contributed by atoms with Crippen molar-refractivity contribution in [2.24, 2.45) is 5.73 Å². The van der Waals surface area contributed by atoms with Crippen molar-refractivity contribution in [3.05, 3.63) is 54.1 Å². The largest absolute Gasteiger partial charge is 0.480 e. The van der Waals surface area contributed by atoms with Crippen molar-refractivity contribution >= 4 is 48.1 Å². The van der Waals surface area contributed by atoms with Crippen LogP contribution >= 0.6 is 24.4 Å². The number of amides is 3. The van der Waals surface area contributed by atoms with Gasteiger partial charge in [0.1, 0.15) is 18.1 Å². The number of nitrogens with zero attached hydrogens (tertiary/aromatic N) is 1. The summed E-state index contributed by atoms with van der Waals surface area (Å²) < 4.78 is 0. The first-order chi connectivity index (χ1) is 17.2. The molecule has 2 aromatic rings. The predicted molar refractivity (Wildman–Crippen MR) is 141 cm³/mol. The summed E-state index contributed by atoms with van der Waals surface area (Å²) in [6.45, 7) is 0. The van der Waals surface area contributed by atoms with Gasteiger partial charge in [-0.15, -0.1) is 0 Å². The molecule has 0 radical (unpaired) electrons. The van der Waals surface area contributed by atoms with Crippen LogP contribution in [0.15, 0.2) is 42.9 Å². The molecule has 0 aliphatic heterocycles. The number of aromatic nitrogens is 2. The van der Waals surface area contributed by atoms with Gasteiger partial charge in [0.25, 0.3) is 0 Å². The van der Waals surface area contributed by atoms with Gasteiger partial charge in [-0.3, -0.25) is 14.4 Å². The minimum atomic E-state index is -1.24. The molecule has 0 aliphatic rings. The molecule has 0 fully saturated rings. The molecule has 1 heterocycles. The van der Waals surface area contributed by atoms with Gasteiger partial charge < -0.3 is 31.8 Å². The highest BCUT2D eigenvalue weighted by molar-refractivity contribution is 7.98. The number of carbonyl (C=O) groups is 4. The maximum absolute atomic E-state index is 13.2. The molecular formula is C23H32N6O5S2. The molecule has 11 nitrogen and oxygen atoms in total. The number of imidazole rings is 1. The Morgan fingerprint density at radius 1 is 1.03 bits per heavy atom. The van der Waals surface area contributed by atoms with Crippen LogP contribution in [0.4, 0.5) is 0 Å². The van der Waals surface area contributed by atoms with Crippen molar-refractivity contribution in [2.45, 2.75) is 43.4 Å². The zero-order chi connectivity index (χ0) is 26.5. The third-order valence-corrected chi connectivity index (χ3v) is 6.32. The van der Waals surface area contributed by atoms with E-state index in [0.29, 0.717) is 17.9 Å². The Morgan fingerprint density at radius 2 is 1.67 bits per heavy atom. The molecule has 2 rings (SSSR count). The van der Waals surface area contributed by atoms with Crippen LogP contribution in [0.2, 0.25) is 0 Å². The summed E-state index contributed by atoms with van der Waals surface area (Å²) in [5.74, 6) is -2.31. The number of benzene rings is 1. The minimum Gasteiger partial charge on any atom is -0.480 e. The zero-order valence-corrected chi connectivity index (χ0v) is 21.6. The molecule has 0 saturated heterocycles. The summed E-state index contributed by atoms with van der Waals surface area (Å²) in [5, 5.41) is 17.5. The Labute approximate surface area is 219 Å². The predicted octanol–water partition coefficient (Wildman–Crippen LogP) is -0.256. The summed E-state index contributed by atoms with van der Waals surface area (Å²) >= 11 is 5.52. The van der Waals surface area contributed by atoms with Gasteiger partial charge in [0.2, 0.25) is 17.7 Å². The second kappa shape index (κ2) is 15.2. The number of hydrogen-bond acceptors (Lipinski definition) is 8. The van der Waals surface area contributed by atoms with Gasteiger partial charge in [-0.2, -0.15) is 24.4 Å². The summed E-state index contributed by atoms with van der Waals surface area (Å²) in [4.78, 5) is 57.2. The lowest BCUT2D eigenvalue weighted by Gasteiger charge is -2.25. The standard InChI is InChI=1S/C23H32N6O5S2/c1-36-8-7-17(27-20(30)16(24)12-35)21(31)28-18(9-14-5-3-2-4-6-14)22(32)29-19(23(33)34)10-15-11-25-13-26-15/h2-6,11,13,16-19,35H,7-10,12,24H2,1H3,(H,25,26)(H,27,30)(H,28,31)(H,29,32)(H,33,34)/t16-,17-,18-,19-/m0/s1. The van der Waals surface area contributed by atoms with Crippen LogP contribution in [-0.2, 0) is 32.0 Å². The number of carboxylic acids is 1. The van der Waals surface area contributed by atoms with Gasteiger partial charge in [-0.1, -0.05) is 30.3 Å². The fourth-order valence-electron chi connectivity index (χ4n) is 3.29. The van der Waals surface area contributed by atoms with Crippen LogP contribution in [-0.4, -0.2) is 80.7 Å². The fourth-order valence-corrected chi connectivity index (χ4v) is 3.92. The molecule has 36 heavy (non-hydrogen) atoms. The quantitative estimate of drug-likeness (QED) is 0.152. The van der Waals surface area contributed by atoms with Crippen molar-refractivity contribution in [2.75, 3.05) is 17.8 Å². The van der Waals surface area contributed by atoms with Crippen LogP contribution < -0.4 is 21.7 Å². The van der Waals surface area contributed by atoms with Gasteiger partial charge in [0.15, 0.2) is 0 Å². The molecule has 3 amide bonds. The van der Waals surface area contributed by atoms with Crippen molar-refractivity contribution in [3.63, 3.8) is 0 Å². The lowest BCUT2D eigenvalue weighted by Crippen LogP contribution is -2.58. The number of rotatable bonds is 15. The van der Waals surface area contributed by atoms with Gasteiger partial charge in [0, 0.05) is 30.5 Å². The zero-order valence-electron chi connectivity index (χ0n) is 19.8. The molecule has 0 aliphatic carbocycles. The maximum Gasteiger partial charge on any atom is 0.326 e. The summed E-state index contributed by atoms with van der Waals surface area (Å²) in [5.41, 5.74) is 7.03. The number of thiol groups is 1. The number of nitrogens with two attached hydrogens (primary N) is 1. The van der Waals surface area contributed by atoms with E-state index in [1.54, 1.807) is 24.3 Å². The smallest absolute Gasteiger partial charge is 0.326 e. The van der Waals surface area contributed by atoms with E-state index < -0.39 is 47.9 Å². The van der Waals surface area contributed by atoms with Crippen molar-refractivity contribution in [1.29, 1.82) is 0 Å². The lowest BCUT2D eigenvalue weighted by atomic mass is 10.0. The molecule has 0 bridgehead atoms. The van der Waals surface area contributed by atoms with E-state index in [1.807, 2.05) is 12.3 Å². The van der Waals surface area contributed by atoms with E-state index in [4.69, 9.17) is 5.73 Å². The number of nitrogens with one attached hydrogen (secondary N) is 4. The number of carbonyl (C=O) groups excluding carboxylic acids is 3. The monoisotopic (exact) mass is 536 g/mol. The molecule has 7 N–H and O–H groups in total. The first-order valence-corrected chi connectivity index (χ1v) is 13.3. The number of aliphatic carboxylic acids is 1. The van der Waals surface area contributed by atoms with E-state index in [2.05, 4.69) is 38.5 Å². The molecule has 1 aromatic heterocycles. The van der Waals surface area contributed by atoms with Gasteiger partial charge in [0.05, 0.1) is 12.4 Å². The van der Waals surface area contributed by atoms with E-state index in [0.717, 1.165) is 5.56 Å². The summed E-state index contributed by atoms with van der Waals surface area (Å²) in [6, 6.07) is 4.86. The van der Waals surface area contributed by atoms with E-state index in [9.17, 15) is 24.3 Å². The Morgan fingerprint density at radius 3 is 2.25 bits per heavy atom. The van der Waals surface area contributed by atoms with E-state index in [-0.39, 0.29) is 18.6 Å². The number of aromatic amines is 1. The Balaban J connectivity index is 2.21. The Hall–Kier alpha value is -3.03. The van der Waals surface area contributed by atoms with Crippen LogP contribution in [0, 0.1) is 0 Å². The highest BCUT2D eigenvalue weighted by atomic mass is 32.2. The summed E-state index contributed by atoms with van der Waals surface area (Å²) in [7, 11) is 0. The highest BCUT2D eigenvalue weighted by Crippen LogP contribution is 2.08. The van der Waals surface area contributed by atoms with Crippen LogP contribution in [0.5, 0.6) is 0 Å². The molecule has 4 atom stereocenters. The van der Waals surface area contributed by atoms with Gasteiger partial charge in [-0.25, -0.2) is 9.78 Å². The minimum absolute atomic E-state index is 0.0128. The van der Waals surface area contributed by atoms with E-state index >= 15 is 0 Å². The van der Waals surface area contributed by atoms with Crippen molar-refractivity contribution in [3.8, 4) is 0 Å². The molecule has 0 saturated carbocycles. The normalized spacial score (nSPS) is 14.2. The molecule has 1 aromatic carbocycles. The van der Waals surface area contributed by atoms with E-state index in [1.165, 1.54) is 24.3 Å². The number of H-pyrrole nitrogens is 1. The topological polar surface area (TPSA) is 179 Å². The first kappa shape index (κ1) is 29.2. The van der Waals surface area contributed by atoms with Gasteiger partial charge >= 0.3 is 5.97 Å². The first-order valence-electron chi connectivity index (χ1n) is 11.3. The van der Waals surface area contributed by atoms with Crippen molar-refractivity contribution in [1.82, 2.24) is 25.9 Å². The second-order valence-corrected chi connectivity index (χ2v) is 9.41. The van der Waals surface area contributed by atoms with Gasteiger partial charge in [-0.05, 0) is 24.0 Å². The average molecular weight is 537 g/mol. The molecule has 13 heteroatoms. The van der Waals surface area contributed by atoms with Crippen LogP contribution in [0.3, 0.4) is 0 Å². The second-order valence-electron chi connectivity index (χ2n) is 8.06. The van der Waals surface area contributed by atoms with Crippen LogP contribution in [0.1, 0.15) is 17.7 Å². The number of hydrogen-bond donors (Lipinski definition) is 7. The SMILES string of the molecule is CSCC[C@H](NC(=O)[C@@H](N)CS)C(=O)N[C@@H](Cc1ccccc1)C(=O)N[C@@H](Cc1cnc[nH]1)C(=O)O. The molecular weight excluding hydrogens is 504 g/mol. The molecule has 0 unspecified atom stereocenters. The van der Waals surface area contributed by atoms with Crippen molar-refractivity contribution < 1.29 is 24.3 Å². The third-order valence-electron chi connectivity index (χ3n) is 5.29. The molecule has 196 valence electrons.